The van der Waals surface area contributed by atoms with E-state index in [0.29, 0.717) is 0 Å². The third-order valence-corrected chi connectivity index (χ3v) is 1.74. The Morgan fingerprint density at radius 1 is 1.80 bits per heavy atom. The molecule has 0 atom stereocenters. The molecule has 10 heavy (non-hydrogen) atoms. The van der Waals surface area contributed by atoms with Crippen LogP contribution in [0.15, 0.2) is 22.7 Å². The van der Waals surface area contributed by atoms with Gasteiger partial charge in [-0.2, -0.15) is 0 Å². The first kappa shape index (κ1) is 9.43. The average molecular weight is 158 g/mol. The van der Waals surface area contributed by atoms with Crippen molar-refractivity contribution in [3.8, 4) is 0 Å². The molecule has 3 heteroatoms. The van der Waals surface area contributed by atoms with Gasteiger partial charge in [-0.3, -0.25) is 0 Å². The molecule has 0 aromatic carbocycles. The molecular formula is C7H14N2S. The van der Waals surface area contributed by atoms with Crippen molar-refractivity contribution in [2.45, 2.75) is 13.8 Å². The van der Waals surface area contributed by atoms with Crippen molar-refractivity contribution in [1.29, 1.82) is 0 Å². The van der Waals surface area contributed by atoms with Gasteiger partial charge in [0.1, 0.15) is 0 Å². The van der Waals surface area contributed by atoms with Crippen molar-refractivity contribution in [2.24, 2.45) is 5.73 Å². The van der Waals surface area contributed by atoms with Crippen molar-refractivity contribution in [2.75, 3.05) is 6.54 Å². The highest BCUT2D eigenvalue weighted by molar-refractivity contribution is 8.06. The lowest BCUT2D eigenvalue weighted by Gasteiger charge is -2.04. The van der Waals surface area contributed by atoms with Crippen LogP contribution in [0.4, 0.5) is 0 Å². The van der Waals surface area contributed by atoms with Gasteiger partial charge in [-0.1, -0.05) is 18.3 Å². The first-order valence-electron chi connectivity index (χ1n) is 3.19. The minimum Gasteiger partial charge on any atom is -0.404 e. The van der Waals surface area contributed by atoms with Crippen LogP contribution in [0.2, 0.25) is 0 Å². The minimum atomic E-state index is 0.906. The molecule has 0 radical (unpaired) electrons. The molecule has 0 bridgehead atoms. The van der Waals surface area contributed by atoms with Gasteiger partial charge >= 0.3 is 0 Å². The Morgan fingerprint density at radius 3 is 2.80 bits per heavy atom. The zero-order valence-corrected chi connectivity index (χ0v) is 7.29. The van der Waals surface area contributed by atoms with E-state index >= 15 is 0 Å². The highest BCUT2D eigenvalue weighted by Gasteiger charge is 1.92. The summed E-state index contributed by atoms with van der Waals surface area (Å²) in [4.78, 5) is 1.06. The predicted octanol–water partition coefficient (Wildman–Crippen LogP) is 1.62. The van der Waals surface area contributed by atoms with Crippen LogP contribution in [0.5, 0.6) is 0 Å². The summed E-state index contributed by atoms with van der Waals surface area (Å²) in [7, 11) is 0. The predicted molar refractivity (Wildman–Crippen MR) is 48.4 cm³/mol. The number of rotatable bonds is 4. The van der Waals surface area contributed by atoms with Gasteiger partial charge in [0.25, 0.3) is 0 Å². The van der Waals surface area contributed by atoms with Gasteiger partial charge in [0.05, 0.1) is 5.03 Å². The van der Waals surface area contributed by atoms with Crippen molar-refractivity contribution < 1.29 is 0 Å². The van der Waals surface area contributed by atoms with Crippen molar-refractivity contribution >= 4 is 11.8 Å². The molecule has 0 aliphatic heterocycles. The second-order valence-corrected chi connectivity index (χ2v) is 3.17. The maximum Gasteiger partial charge on any atom is 0.0653 e. The molecule has 0 rings (SSSR count). The van der Waals surface area contributed by atoms with E-state index in [4.69, 9.17) is 5.73 Å². The van der Waals surface area contributed by atoms with E-state index < -0.39 is 0 Å². The summed E-state index contributed by atoms with van der Waals surface area (Å²) in [6, 6.07) is 0. The molecule has 0 aromatic rings. The summed E-state index contributed by atoms with van der Waals surface area (Å²) in [6.45, 7) is 8.68. The van der Waals surface area contributed by atoms with Crippen molar-refractivity contribution in [3.63, 3.8) is 0 Å². The van der Waals surface area contributed by atoms with Crippen LogP contribution >= 0.6 is 11.8 Å². The maximum atomic E-state index is 5.26. The quantitative estimate of drug-likeness (QED) is 0.653. The number of hydrogen-bond acceptors (Lipinski definition) is 3. The third kappa shape index (κ3) is 4.32. The summed E-state index contributed by atoms with van der Waals surface area (Å²) in [5.74, 6) is 0. The van der Waals surface area contributed by atoms with Gasteiger partial charge in [0, 0.05) is 17.6 Å². The van der Waals surface area contributed by atoms with Gasteiger partial charge in [-0.15, -0.1) is 0 Å². The fraction of sp³-hybridized carbons (Fsp3) is 0.429. The number of nitrogens with two attached hydrogens (primary N) is 1. The van der Waals surface area contributed by atoms with E-state index in [0.717, 1.165) is 16.5 Å². The summed E-state index contributed by atoms with van der Waals surface area (Å²) < 4.78 is 0. The smallest absolute Gasteiger partial charge is 0.0653 e. The van der Waals surface area contributed by atoms with Crippen molar-refractivity contribution in [1.82, 2.24) is 5.32 Å². The minimum absolute atomic E-state index is 0.906. The number of thioether (sulfide) groups is 1. The van der Waals surface area contributed by atoms with Gasteiger partial charge in [-0.25, -0.2) is 0 Å². The Kier molecular flexibility index (Phi) is 4.94. The molecule has 2 nitrogen and oxygen atoms in total. The first-order valence-corrected chi connectivity index (χ1v) is 4.01. The Hall–Kier alpha value is -0.570. The Labute approximate surface area is 66.6 Å². The SMILES string of the molecule is C=C(NCC)S/C(C)=C/N. The lowest BCUT2D eigenvalue weighted by atomic mass is 10.7. The summed E-state index contributed by atoms with van der Waals surface area (Å²) in [5, 5.41) is 4.03. The lowest BCUT2D eigenvalue weighted by molar-refractivity contribution is 0.908. The van der Waals surface area contributed by atoms with Crippen LogP contribution in [0.25, 0.3) is 0 Å². The summed E-state index contributed by atoms with van der Waals surface area (Å²) >= 11 is 1.55. The molecule has 0 heterocycles. The molecule has 0 spiro atoms. The molecule has 0 saturated heterocycles. The lowest BCUT2D eigenvalue weighted by Crippen LogP contribution is -2.08. The number of hydrogen-bond donors (Lipinski definition) is 2. The third-order valence-electron chi connectivity index (χ3n) is 0.893. The zero-order valence-electron chi connectivity index (χ0n) is 6.48. The van der Waals surface area contributed by atoms with Crippen molar-refractivity contribution in [3.05, 3.63) is 22.7 Å². The van der Waals surface area contributed by atoms with Crippen LogP contribution < -0.4 is 11.1 Å². The fourth-order valence-corrected chi connectivity index (χ4v) is 1.13. The van der Waals surface area contributed by atoms with E-state index in [2.05, 4.69) is 11.9 Å². The Morgan fingerprint density at radius 2 is 2.40 bits per heavy atom. The van der Waals surface area contributed by atoms with Crippen LogP contribution in [0.3, 0.4) is 0 Å². The largest absolute Gasteiger partial charge is 0.404 e. The fourth-order valence-electron chi connectivity index (χ4n) is 0.462. The summed E-state index contributed by atoms with van der Waals surface area (Å²) in [5.41, 5.74) is 5.26. The van der Waals surface area contributed by atoms with Gasteiger partial charge in [0.2, 0.25) is 0 Å². The first-order chi connectivity index (χ1) is 4.70. The van der Waals surface area contributed by atoms with Crippen LogP contribution in [-0.4, -0.2) is 6.54 Å². The normalized spacial score (nSPS) is 11.2. The molecular weight excluding hydrogens is 144 g/mol. The van der Waals surface area contributed by atoms with Crippen LogP contribution in [0.1, 0.15) is 13.8 Å². The molecule has 0 fully saturated rings. The molecule has 0 unspecified atom stereocenters. The Bertz CT molecular complexity index is 141. The second-order valence-electron chi connectivity index (χ2n) is 1.83. The van der Waals surface area contributed by atoms with Crippen LogP contribution in [-0.2, 0) is 0 Å². The molecule has 0 aromatic heterocycles. The molecule has 0 aliphatic rings. The number of nitrogens with one attached hydrogen (secondary N) is 1. The second kappa shape index (κ2) is 5.23. The standard InChI is InChI=1S/C7H14N2S/c1-4-9-7(3)10-6(2)5-8/h5,9H,3-4,8H2,1-2H3/b6-5+. The monoisotopic (exact) mass is 158 g/mol. The van der Waals surface area contributed by atoms with Gasteiger partial charge in [-0.05, 0) is 13.8 Å². The molecule has 3 N–H and O–H groups in total. The molecule has 0 saturated carbocycles. The Balaban J connectivity index is 3.58. The maximum absolute atomic E-state index is 5.26. The topological polar surface area (TPSA) is 38.0 Å². The van der Waals surface area contributed by atoms with E-state index in [-0.39, 0.29) is 0 Å². The molecule has 0 amide bonds. The van der Waals surface area contributed by atoms with Gasteiger partial charge < -0.3 is 11.1 Å². The van der Waals surface area contributed by atoms with E-state index in [1.54, 1.807) is 18.0 Å². The van der Waals surface area contributed by atoms with E-state index in [1.165, 1.54) is 0 Å². The van der Waals surface area contributed by atoms with Crippen LogP contribution in [0, 0.1) is 0 Å². The highest BCUT2D eigenvalue weighted by Crippen LogP contribution is 2.19. The van der Waals surface area contributed by atoms with E-state index in [9.17, 15) is 0 Å². The zero-order chi connectivity index (χ0) is 7.98. The molecule has 58 valence electrons. The molecule has 0 aliphatic carbocycles. The average Bonchev–Trinajstić information content (AvgIpc) is 1.88. The number of allylic oxidation sites excluding steroid dienone is 1. The van der Waals surface area contributed by atoms with Gasteiger partial charge in [0.15, 0.2) is 0 Å². The van der Waals surface area contributed by atoms with E-state index in [1.807, 2.05) is 13.8 Å². The highest BCUT2D eigenvalue weighted by atomic mass is 32.2. The summed E-state index contributed by atoms with van der Waals surface area (Å²) in [6.07, 6.45) is 1.58.